The van der Waals surface area contributed by atoms with Gasteiger partial charge in [0.15, 0.2) is 0 Å². The zero-order chi connectivity index (χ0) is 12.8. The van der Waals surface area contributed by atoms with E-state index < -0.39 is 0 Å². The number of hydrogen-bond acceptors (Lipinski definition) is 1. The molecule has 0 aliphatic carbocycles. The number of benzene rings is 2. The van der Waals surface area contributed by atoms with Gasteiger partial charge in [0, 0.05) is 18.8 Å². The Hall–Kier alpha value is -1.76. The molecule has 2 aromatic rings. The van der Waals surface area contributed by atoms with E-state index in [9.17, 15) is 0 Å². The summed E-state index contributed by atoms with van der Waals surface area (Å²) in [4.78, 5) is 2.45. The molecule has 0 unspecified atom stereocenters. The summed E-state index contributed by atoms with van der Waals surface area (Å²) < 4.78 is 0. The number of rotatable bonds is 5. The monoisotopic (exact) mass is 239 g/mol. The number of hydrogen-bond donors (Lipinski definition) is 0. The molecule has 0 spiro atoms. The Labute approximate surface area is 110 Å². The molecule has 0 bridgehead atoms. The number of nitrogens with zero attached hydrogens (tertiary/aromatic N) is 1. The van der Waals surface area contributed by atoms with Crippen molar-refractivity contribution in [2.75, 3.05) is 11.4 Å². The molecule has 94 valence electrons. The van der Waals surface area contributed by atoms with E-state index in [2.05, 4.69) is 73.3 Å². The molecule has 1 nitrogen and oxygen atoms in total. The lowest BCUT2D eigenvalue weighted by Gasteiger charge is -2.25. The van der Waals surface area contributed by atoms with Crippen molar-refractivity contribution < 1.29 is 0 Å². The molecular formula is C17H21N. The molecule has 2 rings (SSSR count). The molecule has 0 aliphatic rings. The minimum Gasteiger partial charge on any atom is -0.367 e. The molecular weight excluding hydrogens is 218 g/mol. The van der Waals surface area contributed by atoms with Gasteiger partial charge < -0.3 is 4.90 Å². The van der Waals surface area contributed by atoms with Crippen LogP contribution >= 0.6 is 0 Å². The van der Waals surface area contributed by atoms with E-state index in [0.29, 0.717) is 0 Å². The predicted octanol–water partition coefficient (Wildman–Crippen LogP) is 4.41. The Morgan fingerprint density at radius 1 is 0.944 bits per heavy atom. The summed E-state index contributed by atoms with van der Waals surface area (Å²) in [5.74, 6) is 0. The third kappa shape index (κ3) is 3.36. The van der Waals surface area contributed by atoms with Gasteiger partial charge in [0.2, 0.25) is 0 Å². The lowest BCUT2D eigenvalue weighted by Crippen LogP contribution is -2.23. The van der Waals surface area contributed by atoms with Gasteiger partial charge in [-0.2, -0.15) is 0 Å². The Morgan fingerprint density at radius 2 is 1.72 bits per heavy atom. The summed E-state index contributed by atoms with van der Waals surface area (Å²) in [7, 11) is 0. The molecule has 18 heavy (non-hydrogen) atoms. The number of anilines is 1. The fourth-order valence-electron chi connectivity index (χ4n) is 2.20. The zero-order valence-corrected chi connectivity index (χ0v) is 11.3. The van der Waals surface area contributed by atoms with Gasteiger partial charge in [-0.25, -0.2) is 0 Å². The van der Waals surface area contributed by atoms with Crippen molar-refractivity contribution in [2.45, 2.75) is 26.8 Å². The fourth-order valence-corrected chi connectivity index (χ4v) is 2.20. The highest BCUT2D eigenvalue weighted by molar-refractivity contribution is 5.48. The zero-order valence-electron chi connectivity index (χ0n) is 11.3. The van der Waals surface area contributed by atoms with E-state index in [4.69, 9.17) is 0 Å². The maximum Gasteiger partial charge on any atom is 0.0429 e. The first-order valence-corrected chi connectivity index (χ1v) is 6.65. The largest absolute Gasteiger partial charge is 0.367 e. The predicted molar refractivity (Wildman–Crippen MR) is 79.0 cm³/mol. The molecule has 0 radical (unpaired) electrons. The molecule has 0 saturated carbocycles. The van der Waals surface area contributed by atoms with Gasteiger partial charge in [-0.1, -0.05) is 49.4 Å². The quantitative estimate of drug-likeness (QED) is 0.747. The van der Waals surface area contributed by atoms with Crippen molar-refractivity contribution in [1.29, 1.82) is 0 Å². The second-order valence-corrected chi connectivity index (χ2v) is 4.75. The van der Waals surface area contributed by atoms with E-state index in [1.807, 2.05) is 0 Å². The van der Waals surface area contributed by atoms with Gasteiger partial charge in [0.1, 0.15) is 0 Å². The first-order valence-electron chi connectivity index (χ1n) is 6.65. The summed E-state index contributed by atoms with van der Waals surface area (Å²) in [5, 5.41) is 0. The van der Waals surface area contributed by atoms with Crippen LogP contribution in [0.25, 0.3) is 0 Å². The van der Waals surface area contributed by atoms with Crippen molar-refractivity contribution in [2.24, 2.45) is 0 Å². The summed E-state index contributed by atoms with van der Waals surface area (Å²) >= 11 is 0. The molecule has 0 saturated heterocycles. The first-order chi connectivity index (χ1) is 8.79. The average Bonchev–Trinajstić information content (AvgIpc) is 2.39. The van der Waals surface area contributed by atoms with Crippen LogP contribution in [0.15, 0.2) is 54.6 Å². The highest BCUT2D eigenvalue weighted by atomic mass is 15.1. The topological polar surface area (TPSA) is 3.24 Å². The second kappa shape index (κ2) is 6.25. The third-order valence-corrected chi connectivity index (χ3v) is 3.08. The lowest BCUT2D eigenvalue weighted by molar-refractivity contribution is 0.767. The van der Waals surface area contributed by atoms with Crippen molar-refractivity contribution in [1.82, 2.24) is 0 Å². The van der Waals surface area contributed by atoms with Crippen LogP contribution in [0.3, 0.4) is 0 Å². The van der Waals surface area contributed by atoms with Crippen LogP contribution in [0.5, 0.6) is 0 Å². The van der Waals surface area contributed by atoms with Gasteiger partial charge in [0.25, 0.3) is 0 Å². The summed E-state index contributed by atoms with van der Waals surface area (Å²) in [5.41, 5.74) is 4.01. The van der Waals surface area contributed by atoms with Crippen LogP contribution < -0.4 is 4.90 Å². The normalized spacial score (nSPS) is 10.3. The standard InChI is InChI=1S/C17H21N/c1-3-12-18(14-16-9-5-4-6-10-16)17-11-7-8-15(2)13-17/h4-11,13H,3,12,14H2,1-2H3. The minimum absolute atomic E-state index is 0.984. The molecule has 1 heteroatoms. The molecule has 0 N–H and O–H groups in total. The molecule has 2 aromatic carbocycles. The molecule has 0 heterocycles. The second-order valence-electron chi connectivity index (χ2n) is 4.75. The van der Waals surface area contributed by atoms with Crippen LogP contribution in [0.1, 0.15) is 24.5 Å². The van der Waals surface area contributed by atoms with Crippen LogP contribution in [0, 0.1) is 6.92 Å². The molecule has 0 amide bonds. The fraction of sp³-hybridized carbons (Fsp3) is 0.294. The molecule has 0 aliphatic heterocycles. The van der Waals surface area contributed by atoms with Gasteiger partial charge in [-0.05, 0) is 36.6 Å². The first kappa shape index (κ1) is 12.7. The Morgan fingerprint density at radius 3 is 2.39 bits per heavy atom. The van der Waals surface area contributed by atoms with Crippen LogP contribution in [-0.2, 0) is 6.54 Å². The van der Waals surface area contributed by atoms with Gasteiger partial charge in [0.05, 0.1) is 0 Å². The van der Waals surface area contributed by atoms with Gasteiger partial charge in [-0.15, -0.1) is 0 Å². The van der Waals surface area contributed by atoms with Crippen LogP contribution in [0.2, 0.25) is 0 Å². The van der Waals surface area contributed by atoms with Crippen molar-refractivity contribution in [3.8, 4) is 0 Å². The summed E-state index contributed by atoms with van der Waals surface area (Å²) in [6.07, 6.45) is 1.17. The number of aryl methyl sites for hydroxylation is 1. The van der Waals surface area contributed by atoms with Crippen LogP contribution in [0.4, 0.5) is 5.69 Å². The van der Waals surface area contributed by atoms with E-state index >= 15 is 0 Å². The molecule has 0 fully saturated rings. The Kier molecular flexibility index (Phi) is 4.40. The smallest absolute Gasteiger partial charge is 0.0429 e. The highest BCUT2D eigenvalue weighted by Gasteiger charge is 2.06. The van der Waals surface area contributed by atoms with E-state index in [1.54, 1.807) is 0 Å². The SMILES string of the molecule is CCCN(Cc1ccccc1)c1cccc(C)c1. The average molecular weight is 239 g/mol. The van der Waals surface area contributed by atoms with E-state index in [1.165, 1.54) is 23.2 Å². The van der Waals surface area contributed by atoms with Crippen LogP contribution in [-0.4, -0.2) is 6.54 Å². The Balaban J connectivity index is 2.18. The summed E-state index contributed by atoms with van der Waals surface area (Å²) in [6, 6.07) is 19.4. The Bertz CT molecular complexity index is 476. The van der Waals surface area contributed by atoms with Crippen molar-refractivity contribution in [3.63, 3.8) is 0 Å². The molecule has 0 atom stereocenters. The van der Waals surface area contributed by atoms with E-state index in [-0.39, 0.29) is 0 Å². The minimum atomic E-state index is 0.984. The van der Waals surface area contributed by atoms with Crippen molar-refractivity contribution >= 4 is 5.69 Å². The highest BCUT2D eigenvalue weighted by Crippen LogP contribution is 2.18. The summed E-state index contributed by atoms with van der Waals surface area (Å²) in [6.45, 7) is 6.46. The lowest BCUT2D eigenvalue weighted by atomic mass is 10.1. The van der Waals surface area contributed by atoms with Gasteiger partial charge in [-0.3, -0.25) is 0 Å². The van der Waals surface area contributed by atoms with E-state index in [0.717, 1.165) is 13.1 Å². The third-order valence-electron chi connectivity index (χ3n) is 3.08. The molecule has 0 aromatic heterocycles. The maximum absolute atomic E-state index is 2.45. The van der Waals surface area contributed by atoms with Gasteiger partial charge >= 0.3 is 0 Å². The van der Waals surface area contributed by atoms with Crippen molar-refractivity contribution in [3.05, 3.63) is 65.7 Å². The maximum atomic E-state index is 2.45.